The SMILES string of the molecule is Cc1cc(-c2cnc3ccn(CC(C)(OC(=O)C(F)(F)F)C4CC4)c3c2)ccc1F. The van der Waals surface area contributed by atoms with Crippen LogP contribution in [0, 0.1) is 18.7 Å². The van der Waals surface area contributed by atoms with Gasteiger partial charge >= 0.3 is 12.1 Å². The van der Waals surface area contributed by atoms with E-state index in [9.17, 15) is 22.4 Å². The predicted molar refractivity (Wildman–Crippen MR) is 103 cm³/mol. The molecule has 8 heteroatoms. The Balaban J connectivity index is 1.68. The Hall–Kier alpha value is -2.90. The van der Waals surface area contributed by atoms with Gasteiger partial charge in [-0.3, -0.25) is 4.98 Å². The third-order valence-corrected chi connectivity index (χ3v) is 5.59. The van der Waals surface area contributed by atoms with E-state index < -0.39 is 17.7 Å². The van der Waals surface area contributed by atoms with Gasteiger partial charge in [-0.25, -0.2) is 9.18 Å². The van der Waals surface area contributed by atoms with Gasteiger partial charge in [0.25, 0.3) is 0 Å². The standard InChI is InChI=1S/C22H20F4N2O2/c1-13-9-14(3-6-17(13)23)15-10-19-18(27-11-15)7-8-28(19)12-21(2,16-4-5-16)30-20(29)22(24,25)26/h3,6-11,16H,4-5,12H2,1-2H3. The van der Waals surface area contributed by atoms with Crippen molar-refractivity contribution in [3.05, 3.63) is 54.1 Å². The molecular formula is C22H20F4N2O2. The zero-order chi connectivity index (χ0) is 21.7. The molecule has 1 unspecified atom stereocenters. The largest absolute Gasteiger partial charge is 0.490 e. The van der Waals surface area contributed by atoms with Gasteiger partial charge in [-0.2, -0.15) is 13.2 Å². The van der Waals surface area contributed by atoms with Crippen LogP contribution in [-0.4, -0.2) is 27.3 Å². The highest BCUT2D eigenvalue weighted by molar-refractivity contribution is 5.81. The fourth-order valence-corrected chi connectivity index (χ4v) is 3.73. The number of aryl methyl sites for hydroxylation is 1. The van der Waals surface area contributed by atoms with Gasteiger partial charge in [0.1, 0.15) is 11.4 Å². The average molecular weight is 420 g/mol. The monoisotopic (exact) mass is 420 g/mol. The topological polar surface area (TPSA) is 44.1 Å². The van der Waals surface area contributed by atoms with Crippen LogP contribution < -0.4 is 0 Å². The lowest BCUT2D eigenvalue weighted by molar-refractivity contribution is -0.215. The van der Waals surface area contributed by atoms with Gasteiger partial charge in [0.2, 0.25) is 0 Å². The summed E-state index contributed by atoms with van der Waals surface area (Å²) in [6.07, 6.45) is -0.231. The lowest BCUT2D eigenvalue weighted by atomic mass is 9.99. The number of carbonyl (C=O) groups is 1. The maximum absolute atomic E-state index is 13.6. The molecule has 0 saturated heterocycles. The molecule has 3 aromatic rings. The van der Waals surface area contributed by atoms with Crippen LogP contribution in [0.4, 0.5) is 17.6 Å². The van der Waals surface area contributed by atoms with Gasteiger partial charge < -0.3 is 9.30 Å². The molecule has 2 aromatic heterocycles. The van der Waals surface area contributed by atoms with Crippen molar-refractivity contribution in [1.82, 2.24) is 9.55 Å². The molecule has 0 N–H and O–H groups in total. The van der Waals surface area contributed by atoms with E-state index in [1.807, 2.05) is 6.07 Å². The highest BCUT2D eigenvalue weighted by atomic mass is 19.4. The Bertz CT molecular complexity index is 1120. The number of fused-ring (bicyclic) bond motifs is 1. The lowest BCUT2D eigenvalue weighted by Crippen LogP contribution is -2.42. The van der Waals surface area contributed by atoms with E-state index in [0.29, 0.717) is 29.4 Å². The summed E-state index contributed by atoms with van der Waals surface area (Å²) in [4.78, 5) is 15.9. The van der Waals surface area contributed by atoms with Crippen molar-refractivity contribution in [3.8, 4) is 11.1 Å². The first kappa shape index (κ1) is 20.4. The second-order valence-corrected chi connectivity index (χ2v) is 8.01. The summed E-state index contributed by atoms with van der Waals surface area (Å²) in [6.45, 7) is 3.29. The molecule has 1 aliphatic carbocycles. The van der Waals surface area contributed by atoms with Gasteiger partial charge in [0, 0.05) is 23.9 Å². The van der Waals surface area contributed by atoms with Crippen LogP contribution in [0.3, 0.4) is 0 Å². The number of ether oxygens (including phenoxy) is 1. The van der Waals surface area contributed by atoms with E-state index >= 15 is 0 Å². The summed E-state index contributed by atoms with van der Waals surface area (Å²) in [5, 5.41) is 0. The third kappa shape index (κ3) is 3.91. The van der Waals surface area contributed by atoms with Gasteiger partial charge in [-0.05, 0) is 62.1 Å². The molecule has 0 radical (unpaired) electrons. The molecular weight excluding hydrogens is 400 g/mol. The van der Waals surface area contributed by atoms with E-state index in [0.717, 1.165) is 11.1 Å². The molecule has 158 valence electrons. The van der Waals surface area contributed by atoms with Crippen LogP contribution in [0.15, 0.2) is 42.7 Å². The van der Waals surface area contributed by atoms with Crippen LogP contribution in [0.2, 0.25) is 0 Å². The summed E-state index contributed by atoms with van der Waals surface area (Å²) < 4.78 is 58.6. The first-order valence-corrected chi connectivity index (χ1v) is 9.58. The molecule has 0 amide bonds. The number of nitrogens with zero attached hydrogens (tertiary/aromatic N) is 2. The molecule has 4 rings (SSSR count). The number of esters is 1. The molecule has 1 saturated carbocycles. The van der Waals surface area contributed by atoms with Crippen LogP contribution in [0.25, 0.3) is 22.2 Å². The molecule has 30 heavy (non-hydrogen) atoms. The third-order valence-electron chi connectivity index (χ3n) is 5.59. The maximum Gasteiger partial charge on any atom is 0.490 e. The van der Waals surface area contributed by atoms with Crippen molar-refractivity contribution in [3.63, 3.8) is 0 Å². The van der Waals surface area contributed by atoms with E-state index in [1.165, 1.54) is 6.07 Å². The highest BCUT2D eigenvalue weighted by Crippen LogP contribution is 2.44. The van der Waals surface area contributed by atoms with Gasteiger partial charge in [0.05, 0.1) is 17.6 Å². The Morgan fingerprint density at radius 3 is 2.57 bits per heavy atom. The number of pyridine rings is 1. The molecule has 0 spiro atoms. The number of alkyl halides is 3. The first-order chi connectivity index (χ1) is 14.1. The molecule has 1 fully saturated rings. The molecule has 1 aliphatic rings. The van der Waals surface area contributed by atoms with Gasteiger partial charge in [-0.1, -0.05) is 6.07 Å². The van der Waals surface area contributed by atoms with Crippen molar-refractivity contribution < 1.29 is 27.1 Å². The van der Waals surface area contributed by atoms with Gasteiger partial charge in [0.15, 0.2) is 0 Å². The van der Waals surface area contributed by atoms with Crippen LogP contribution in [0.1, 0.15) is 25.3 Å². The smallest absolute Gasteiger partial charge is 0.451 e. The van der Waals surface area contributed by atoms with Crippen molar-refractivity contribution in [2.24, 2.45) is 5.92 Å². The quantitative estimate of drug-likeness (QED) is 0.409. The van der Waals surface area contributed by atoms with E-state index in [1.54, 1.807) is 49.0 Å². The summed E-state index contributed by atoms with van der Waals surface area (Å²) >= 11 is 0. The van der Waals surface area contributed by atoms with Crippen molar-refractivity contribution in [1.29, 1.82) is 0 Å². The summed E-state index contributed by atoms with van der Waals surface area (Å²) in [5.74, 6) is -2.60. The van der Waals surface area contributed by atoms with E-state index in [2.05, 4.69) is 4.98 Å². The lowest BCUT2D eigenvalue weighted by Gasteiger charge is -2.31. The summed E-state index contributed by atoms with van der Waals surface area (Å²) in [6, 6.07) is 8.36. The number of hydrogen-bond donors (Lipinski definition) is 0. The number of halogens is 4. The molecule has 0 bridgehead atoms. The summed E-state index contributed by atoms with van der Waals surface area (Å²) in [7, 11) is 0. The predicted octanol–water partition coefficient (Wildman–Crippen LogP) is 5.43. The fraction of sp³-hybridized carbons (Fsp3) is 0.364. The Morgan fingerprint density at radius 2 is 1.93 bits per heavy atom. The van der Waals surface area contributed by atoms with Crippen molar-refractivity contribution in [2.45, 2.75) is 45.0 Å². The van der Waals surface area contributed by atoms with Crippen LogP contribution in [0.5, 0.6) is 0 Å². The van der Waals surface area contributed by atoms with Crippen LogP contribution >= 0.6 is 0 Å². The Labute approximate surface area is 170 Å². The number of hydrogen-bond acceptors (Lipinski definition) is 3. The molecule has 1 aromatic carbocycles. The minimum atomic E-state index is -5.04. The maximum atomic E-state index is 13.6. The summed E-state index contributed by atoms with van der Waals surface area (Å²) in [5.41, 5.74) is 2.13. The Morgan fingerprint density at radius 1 is 1.20 bits per heavy atom. The minimum Gasteiger partial charge on any atom is -0.451 e. The number of benzene rings is 1. The molecule has 0 aliphatic heterocycles. The highest BCUT2D eigenvalue weighted by Gasteiger charge is 2.50. The molecule has 1 atom stereocenters. The fourth-order valence-electron chi connectivity index (χ4n) is 3.73. The van der Waals surface area contributed by atoms with E-state index in [-0.39, 0.29) is 18.3 Å². The van der Waals surface area contributed by atoms with Gasteiger partial charge in [-0.15, -0.1) is 0 Å². The average Bonchev–Trinajstić information content (AvgIpc) is 3.47. The molecule has 4 nitrogen and oxygen atoms in total. The Kier molecular flexibility index (Phi) is 4.83. The normalized spacial score (nSPS) is 16.5. The van der Waals surface area contributed by atoms with Crippen LogP contribution in [-0.2, 0) is 16.1 Å². The number of carbonyl (C=O) groups excluding carboxylic acids is 1. The first-order valence-electron chi connectivity index (χ1n) is 9.58. The second-order valence-electron chi connectivity index (χ2n) is 8.01. The van der Waals surface area contributed by atoms with Crippen molar-refractivity contribution in [2.75, 3.05) is 0 Å². The molecule has 2 heterocycles. The minimum absolute atomic E-state index is 0.0799. The van der Waals surface area contributed by atoms with Crippen molar-refractivity contribution >= 4 is 17.0 Å². The number of aromatic nitrogens is 2. The second kappa shape index (κ2) is 7.11. The zero-order valence-corrected chi connectivity index (χ0v) is 16.5. The zero-order valence-electron chi connectivity index (χ0n) is 16.5. The number of rotatable bonds is 5. The van der Waals surface area contributed by atoms with E-state index in [4.69, 9.17) is 4.74 Å².